The number of carbonyl (C=O) groups is 2. The van der Waals surface area contributed by atoms with Crippen LogP contribution in [0.2, 0.25) is 5.02 Å². The molecular weight excluding hydrogens is 350 g/mol. The van der Waals surface area contributed by atoms with E-state index in [1.807, 2.05) is 6.07 Å². The first kappa shape index (κ1) is 16.6. The molecule has 0 atom stereocenters. The molecule has 4 rings (SSSR count). The summed E-state index contributed by atoms with van der Waals surface area (Å²) in [6, 6.07) is 15.5. The van der Waals surface area contributed by atoms with Gasteiger partial charge in [-0.1, -0.05) is 23.7 Å². The van der Waals surface area contributed by atoms with Gasteiger partial charge in [0.1, 0.15) is 5.76 Å². The summed E-state index contributed by atoms with van der Waals surface area (Å²) in [5, 5.41) is 0.587. The molecule has 5 heteroatoms. The van der Waals surface area contributed by atoms with Crippen LogP contribution in [0.25, 0.3) is 0 Å². The molecule has 2 aromatic carbocycles. The van der Waals surface area contributed by atoms with Crippen molar-refractivity contribution in [1.82, 2.24) is 4.90 Å². The highest BCUT2D eigenvalue weighted by atomic mass is 35.5. The Bertz CT molecular complexity index is 958. The number of benzene rings is 2. The Morgan fingerprint density at radius 2 is 1.50 bits per heavy atom. The van der Waals surface area contributed by atoms with Gasteiger partial charge in [-0.2, -0.15) is 0 Å². The fourth-order valence-corrected chi connectivity index (χ4v) is 3.25. The van der Waals surface area contributed by atoms with Crippen molar-refractivity contribution in [3.8, 4) is 0 Å². The second-order valence-electron chi connectivity index (χ2n) is 6.26. The molecule has 0 unspecified atom stereocenters. The van der Waals surface area contributed by atoms with E-state index in [1.165, 1.54) is 0 Å². The highest BCUT2D eigenvalue weighted by molar-refractivity contribution is 6.30. The van der Waals surface area contributed by atoms with Gasteiger partial charge in [0, 0.05) is 28.3 Å². The van der Waals surface area contributed by atoms with Gasteiger partial charge < -0.3 is 9.32 Å². The predicted octanol–water partition coefficient (Wildman–Crippen LogP) is 4.36. The van der Waals surface area contributed by atoms with Crippen molar-refractivity contribution in [2.24, 2.45) is 0 Å². The van der Waals surface area contributed by atoms with Crippen molar-refractivity contribution in [3.05, 3.63) is 93.9 Å². The van der Waals surface area contributed by atoms with E-state index >= 15 is 0 Å². The first-order valence-corrected chi connectivity index (χ1v) is 8.74. The first-order chi connectivity index (χ1) is 12.6. The van der Waals surface area contributed by atoms with Gasteiger partial charge in [-0.3, -0.25) is 9.59 Å². The lowest BCUT2D eigenvalue weighted by atomic mass is 10.0. The van der Waals surface area contributed by atoms with Crippen molar-refractivity contribution in [1.29, 1.82) is 0 Å². The van der Waals surface area contributed by atoms with E-state index < -0.39 is 0 Å². The second kappa shape index (κ2) is 6.81. The number of furan rings is 1. The van der Waals surface area contributed by atoms with E-state index in [4.69, 9.17) is 16.0 Å². The average molecular weight is 366 g/mol. The van der Waals surface area contributed by atoms with Gasteiger partial charge in [0.05, 0.1) is 12.8 Å². The summed E-state index contributed by atoms with van der Waals surface area (Å²) in [4.78, 5) is 27.0. The predicted molar refractivity (Wildman–Crippen MR) is 98.5 cm³/mol. The van der Waals surface area contributed by atoms with Crippen molar-refractivity contribution < 1.29 is 14.0 Å². The van der Waals surface area contributed by atoms with E-state index in [-0.39, 0.29) is 11.7 Å². The standard InChI is InChI=1S/C21H16ClNO3/c22-18-7-5-16(6-8-18)20(24)15-1-3-17(4-2-15)21(25)23-11-9-14-10-12-26-19(14)13-23/h1-8,10,12H,9,11,13H2. The van der Waals surface area contributed by atoms with Crippen LogP contribution in [0.1, 0.15) is 37.6 Å². The molecule has 0 saturated carbocycles. The van der Waals surface area contributed by atoms with Crippen LogP contribution in [0, 0.1) is 0 Å². The number of hydrogen-bond acceptors (Lipinski definition) is 3. The molecule has 1 aromatic heterocycles. The molecule has 0 saturated heterocycles. The number of fused-ring (bicyclic) bond motifs is 1. The minimum absolute atomic E-state index is 0.0578. The maximum absolute atomic E-state index is 12.7. The SMILES string of the molecule is O=C(c1ccc(Cl)cc1)c1ccc(C(=O)N2CCc3ccoc3C2)cc1. The number of ketones is 1. The smallest absolute Gasteiger partial charge is 0.254 e. The van der Waals surface area contributed by atoms with Gasteiger partial charge in [-0.15, -0.1) is 0 Å². The fourth-order valence-electron chi connectivity index (χ4n) is 3.12. The maximum Gasteiger partial charge on any atom is 0.254 e. The Morgan fingerprint density at radius 1 is 0.885 bits per heavy atom. The van der Waals surface area contributed by atoms with Crippen LogP contribution >= 0.6 is 11.6 Å². The Labute approximate surface area is 156 Å². The Kier molecular flexibility index (Phi) is 4.35. The van der Waals surface area contributed by atoms with Gasteiger partial charge in [-0.05, 0) is 54.4 Å². The first-order valence-electron chi connectivity index (χ1n) is 8.36. The van der Waals surface area contributed by atoms with Gasteiger partial charge in [0.15, 0.2) is 5.78 Å². The fraction of sp³-hybridized carbons (Fsp3) is 0.143. The third-order valence-electron chi connectivity index (χ3n) is 4.61. The number of halogens is 1. The zero-order valence-electron chi connectivity index (χ0n) is 13.9. The summed E-state index contributed by atoms with van der Waals surface area (Å²) < 4.78 is 5.43. The average Bonchev–Trinajstić information content (AvgIpc) is 3.15. The topological polar surface area (TPSA) is 50.5 Å². The van der Waals surface area contributed by atoms with Crippen LogP contribution in [-0.2, 0) is 13.0 Å². The Balaban J connectivity index is 1.50. The highest BCUT2D eigenvalue weighted by Crippen LogP contribution is 2.22. The summed E-state index contributed by atoms with van der Waals surface area (Å²) in [6.45, 7) is 1.14. The molecule has 1 aliphatic rings. The summed E-state index contributed by atoms with van der Waals surface area (Å²) in [7, 11) is 0. The number of hydrogen-bond donors (Lipinski definition) is 0. The van der Waals surface area contributed by atoms with Crippen LogP contribution in [-0.4, -0.2) is 23.1 Å². The molecule has 0 fully saturated rings. The molecule has 4 nitrogen and oxygen atoms in total. The Morgan fingerprint density at radius 3 is 2.19 bits per heavy atom. The molecule has 26 heavy (non-hydrogen) atoms. The lowest BCUT2D eigenvalue weighted by Gasteiger charge is -2.26. The highest BCUT2D eigenvalue weighted by Gasteiger charge is 2.23. The third kappa shape index (κ3) is 3.16. The van der Waals surface area contributed by atoms with Crippen molar-refractivity contribution in [2.75, 3.05) is 6.54 Å². The molecule has 0 radical (unpaired) electrons. The van der Waals surface area contributed by atoms with Crippen molar-refractivity contribution in [2.45, 2.75) is 13.0 Å². The van der Waals surface area contributed by atoms with E-state index in [9.17, 15) is 9.59 Å². The van der Waals surface area contributed by atoms with Crippen molar-refractivity contribution in [3.63, 3.8) is 0 Å². The minimum Gasteiger partial charge on any atom is -0.467 e. The van der Waals surface area contributed by atoms with Crippen LogP contribution in [0.3, 0.4) is 0 Å². The van der Waals surface area contributed by atoms with Crippen LogP contribution in [0.5, 0.6) is 0 Å². The van der Waals surface area contributed by atoms with Crippen LogP contribution < -0.4 is 0 Å². The molecular formula is C21H16ClNO3. The molecule has 3 aromatic rings. The molecule has 130 valence electrons. The number of rotatable bonds is 3. The molecule has 1 aliphatic heterocycles. The van der Waals surface area contributed by atoms with Crippen LogP contribution in [0.4, 0.5) is 0 Å². The lowest BCUT2D eigenvalue weighted by Crippen LogP contribution is -2.35. The normalized spacial score (nSPS) is 13.3. The quantitative estimate of drug-likeness (QED) is 0.648. The summed E-state index contributed by atoms with van der Waals surface area (Å²) >= 11 is 5.86. The van der Waals surface area contributed by atoms with E-state index in [0.717, 1.165) is 17.7 Å². The molecule has 0 spiro atoms. The molecule has 2 heterocycles. The molecule has 0 N–H and O–H groups in total. The third-order valence-corrected chi connectivity index (χ3v) is 4.86. The summed E-state index contributed by atoms with van der Waals surface area (Å²) in [5.74, 6) is 0.690. The van der Waals surface area contributed by atoms with Gasteiger partial charge >= 0.3 is 0 Å². The number of amides is 1. The second-order valence-corrected chi connectivity index (χ2v) is 6.70. The van der Waals surface area contributed by atoms with Gasteiger partial charge in [-0.25, -0.2) is 0 Å². The van der Waals surface area contributed by atoms with Crippen LogP contribution in [0.15, 0.2) is 65.3 Å². The molecule has 0 bridgehead atoms. The van der Waals surface area contributed by atoms with E-state index in [2.05, 4.69) is 0 Å². The zero-order chi connectivity index (χ0) is 18.1. The maximum atomic E-state index is 12.7. The monoisotopic (exact) mass is 365 g/mol. The largest absolute Gasteiger partial charge is 0.467 e. The van der Waals surface area contributed by atoms with Gasteiger partial charge in [0.2, 0.25) is 0 Å². The molecule has 1 amide bonds. The summed E-state index contributed by atoms with van der Waals surface area (Å²) in [5.41, 5.74) is 2.83. The van der Waals surface area contributed by atoms with E-state index in [1.54, 1.807) is 59.7 Å². The number of carbonyl (C=O) groups excluding carboxylic acids is 2. The zero-order valence-corrected chi connectivity index (χ0v) is 14.7. The lowest BCUT2D eigenvalue weighted by molar-refractivity contribution is 0.0719. The van der Waals surface area contributed by atoms with E-state index in [0.29, 0.717) is 34.8 Å². The number of nitrogens with zero attached hydrogens (tertiary/aromatic N) is 1. The summed E-state index contributed by atoms with van der Waals surface area (Å²) in [6.07, 6.45) is 2.46. The minimum atomic E-state index is -0.0983. The Hall–Kier alpha value is -2.85. The van der Waals surface area contributed by atoms with Crippen molar-refractivity contribution >= 4 is 23.3 Å². The van der Waals surface area contributed by atoms with Gasteiger partial charge in [0.25, 0.3) is 5.91 Å². The molecule has 0 aliphatic carbocycles.